The van der Waals surface area contributed by atoms with E-state index in [0.717, 1.165) is 17.4 Å². The average molecular weight is 378 g/mol. The number of hydrogen-bond donors (Lipinski definition) is 1. The molecule has 1 aromatic carbocycles. The minimum Gasteiger partial charge on any atom is -0.474 e. The molecule has 0 saturated heterocycles. The topological polar surface area (TPSA) is 84.8 Å². The molecule has 0 aliphatic heterocycles. The average Bonchev–Trinajstić information content (AvgIpc) is 2.65. The van der Waals surface area contributed by atoms with Crippen LogP contribution in [0.3, 0.4) is 0 Å². The fourth-order valence-corrected chi connectivity index (χ4v) is 3.37. The first kappa shape index (κ1) is 19.7. The van der Waals surface area contributed by atoms with Crippen molar-refractivity contribution in [2.24, 2.45) is 11.7 Å². The normalized spacial score (nSPS) is 13.3. The molecule has 0 bridgehead atoms. The van der Waals surface area contributed by atoms with Crippen LogP contribution in [0.25, 0.3) is 22.0 Å². The molecule has 6 heteroatoms. The van der Waals surface area contributed by atoms with Crippen molar-refractivity contribution in [1.29, 1.82) is 5.26 Å². The lowest BCUT2D eigenvalue weighted by atomic mass is 9.93. The van der Waals surface area contributed by atoms with Gasteiger partial charge in [-0.2, -0.15) is 5.26 Å². The molecule has 5 nitrogen and oxygen atoms in total. The van der Waals surface area contributed by atoms with Gasteiger partial charge in [0.05, 0.1) is 17.1 Å². The number of nitrogens with zero attached hydrogens (tertiary/aromatic N) is 3. The third-order valence-corrected chi connectivity index (χ3v) is 4.40. The van der Waals surface area contributed by atoms with Crippen LogP contribution in [0, 0.1) is 23.1 Å². The van der Waals surface area contributed by atoms with E-state index in [2.05, 4.69) is 29.9 Å². The lowest BCUT2D eigenvalue weighted by Gasteiger charge is -2.26. The molecular formula is C22H23FN4O. The van der Waals surface area contributed by atoms with Crippen LogP contribution < -0.4 is 10.5 Å². The standard InChI is InChI=1S/C22H23FN4O/c1-14(2)10-22(3,25)13-28-21-19(23)9-16(12-27-21)17-6-7-26-20-8-15(11-24)4-5-18(17)20/h4-9,12,14H,10,13,25H2,1-3H3/t22-/m0/s1. The van der Waals surface area contributed by atoms with Gasteiger partial charge in [0.25, 0.3) is 0 Å². The molecule has 0 unspecified atom stereocenters. The van der Waals surface area contributed by atoms with E-state index >= 15 is 0 Å². The zero-order chi connectivity index (χ0) is 20.3. The van der Waals surface area contributed by atoms with Crippen LogP contribution in [0.5, 0.6) is 5.88 Å². The first-order valence-corrected chi connectivity index (χ1v) is 9.15. The number of rotatable bonds is 6. The van der Waals surface area contributed by atoms with E-state index in [1.807, 2.05) is 13.0 Å². The number of fused-ring (bicyclic) bond motifs is 1. The predicted octanol–water partition coefficient (Wildman–Crippen LogP) is 4.45. The van der Waals surface area contributed by atoms with Crippen molar-refractivity contribution in [2.45, 2.75) is 32.7 Å². The lowest BCUT2D eigenvalue weighted by Crippen LogP contribution is -2.43. The molecule has 1 atom stereocenters. The molecule has 0 fully saturated rings. The molecule has 2 N–H and O–H groups in total. The van der Waals surface area contributed by atoms with Gasteiger partial charge in [0.15, 0.2) is 5.82 Å². The highest BCUT2D eigenvalue weighted by Crippen LogP contribution is 2.30. The molecule has 0 aliphatic carbocycles. The minimum absolute atomic E-state index is 0.0608. The summed E-state index contributed by atoms with van der Waals surface area (Å²) in [6.45, 7) is 6.23. The van der Waals surface area contributed by atoms with Gasteiger partial charge in [-0.05, 0) is 49.1 Å². The fourth-order valence-electron chi connectivity index (χ4n) is 3.37. The molecule has 2 heterocycles. The summed E-state index contributed by atoms with van der Waals surface area (Å²) >= 11 is 0. The zero-order valence-corrected chi connectivity index (χ0v) is 16.2. The number of nitriles is 1. The molecule has 0 radical (unpaired) electrons. The molecule has 3 rings (SSSR count). The largest absolute Gasteiger partial charge is 0.474 e. The molecule has 0 aliphatic rings. The Kier molecular flexibility index (Phi) is 5.57. The highest BCUT2D eigenvalue weighted by atomic mass is 19.1. The van der Waals surface area contributed by atoms with Gasteiger partial charge in [-0.1, -0.05) is 19.9 Å². The van der Waals surface area contributed by atoms with Gasteiger partial charge in [-0.25, -0.2) is 9.37 Å². The van der Waals surface area contributed by atoms with Crippen molar-refractivity contribution in [1.82, 2.24) is 9.97 Å². The number of benzene rings is 1. The van der Waals surface area contributed by atoms with Gasteiger partial charge in [-0.3, -0.25) is 4.98 Å². The Morgan fingerprint density at radius 2 is 2.04 bits per heavy atom. The van der Waals surface area contributed by atoms with Gasteiger partial charge in [-0.15, -0.1) is 0 Å². The minimum atomic E-state index is -0.555. The van der Waals surface area contributed by atoms with Crippen molar-refractivity contribution in [3.05, 3.63) is 54.1 Å². The van der Waals surface area contributed by atoms with Gasteiger partial charge in [0.2, 0.25) is 5.88 Å². The van der Waals surface area contributed by atoms with Gasteiger partial charge < -0.3 is 10.5 Å². The number of ether oxygens (including phenoxy) is 1. The molecule has 3 aromatic rings. The van der Waals surface area contributed by atoms with Gasteiger partial charge in [0, 0.05) is 28.9 Å². The number of aromatic nitrogens is 2. The molecular weight excluding hydrogens is 355 g/mol. The summed E-state index contributed by atoms with van der Waals surface area (Å²) < 4.78 is 20.2. The SMILES string of the molecule is CC(C)C[C@](C)(N)COc1ncc(-c2ccnc3cc(C#N)ccc23)cc1F. The van der Waals surface area contributed by atoms with E-state index < -0.39 is 11.4 Å². The monoisotopic (exact) mass is 378 g/mol. The second-order valence-electron chi connectivity index (χ2n) is 7.75. The summed E-state index contributed by atoms with van der Waals surface area (Å²) in [5.41, 5.74) is 8.26. The van der Waals surface area contributed by atoms with E-state index in [1.165, 1.54) is 6.07 Å². The van der Waals surface area contributed by atoms with Crippen LogP contribution >= 0.6 is 0 Å². The maximum Gasteiger partial charge on any atom is 0.250 e. The zero-order valence-electron chi connectivity index (χ0n) is 16.2. The number of pyridine rings is 2. The Labute approximate surface area is 164 Å². The second kappa shape index (κ2) is 7.91. The summed E-state index contributed by atoms with van der Waals surface area (Å²) in [4.78, 5) is 8.44. The first-order chi connectivity index (χ1) is 13.3. The summed E-state index contributed by atoms with van der Waals surface area (Å²) in [5, 5.41) is 9.87. The Hall–Kier alpha value is -3.04. The Morgan fingerprint density at radius 3 is 2.71 bits per heavy atom. The number of halogens is 1. The Balaban J connectivity index is 1.87. The van der Waals surface area contributed by atoms with Crippen molar-refractivity contribution in [3.8, 4) is 23.1 Å². The van der Waals surface area contributed by atoms with E-state index in [4.69, 9.17) is 15.7 Å². The summed E-state index contributed by atoms with van der Waals surface area (Å²) in [6.07, 6.45) is 3.97. The van der Waals surface area contributed by atoms with Gasteiger partial charge >= 0.3 is 0 Å². The Bertz CT molecular complexity index is 1040. The maximum absolute atomic E-state index is 14.6. The Morgan fingerprint density at radius 1 is 1.25 bits per heavy atom. The van der Waals surface area contributed by atoms with Crippen LogP contribution in [-0.2, 0) is 0 Å². The smallest absolute Gasteiger partial charge is 0.250 e. The summed E-state index contributed by atoms with van der Waals surface area (Å²) in [5.74, 6) is -0.189. The highest BCUT2D eigenvalue weighted by Gasteiger charge is 2.22. The maximum atomic E-state index is 14.6. The third-order valence-electron chi connectivity index (χ3n) is 4.40. The van der Waals surface area contributed by atoms with Crippen LogP contribution in [-0.4, -0.2) is 22.1 Å². The van der Waals surface area contributed by atoms with Crippen molar-refractivity contribution in [3.63, 3.8) is 0 Å². The van der Waals surface area contributed by atoms with Gasteiger partial charge in [0.1, 0.15) is 6.61 Å². The van der Waals surface area contributed by atoms with Crippen molar-refractivity contribution >= 4 is 10.9 Å². The van der Waals surface area contributed by atoms with Crippen LogP contribution in [0.1, 0.15) is 32.8 Å². The van der Waals surface area contributed by atoms with Crippen molar-refractivity contribution in [2.75, 3.05) is 6.61 Å². The molecule has 28 heavy (non-hydrogen) atoms. The first-order valence-electron chi connectivity index (χ1n) is 9.15. The van der Waals surface area contributed by atoms with Crippen molar-refractivity contribution < 1.29 is 9.13 Å². The number of hydrogen-bond acceptors (Lipinski definition) is 5. The summed E-state index contributed by atoms with van der Waals surface area (Å²) in [6, 6.07) is 10.5. The third kappa shape index (κ3) is 4.44. The van der Waals surface area contributed by atoms with E-state index in [9.17, 15) is 4.39 Å². The molecule has 144 valence electrons. The van der Waals surface area contributed by atoms with Crippen LogP contribution in [0.2, 0.25) is 0 Å². The molecule has 0 amide bonds. The van der Waals surface area contributed by atoms with E-state index in [1.54, 1.807) is 30.6 Å². The molecule has 0 saturated carbocycles. The predicted molar refractivity (Wildman–Crippen MR) is 107 cm³/mol. The second-order valence-corrected chi connectivity index (χ2v) is 7.75. The van der Waals surface area contributed by atoms with Crippen LogP contribution in [0.15, 0.2) is 42.7 Å². The lowest BCUT2D eigenvalue weighted by molar-refractivity contribution is 0.193. The number of nitrogens with two attached hydrogens (primary N) is 1. The fraction of sp³-hybridized carbons (Fsp3) is 0.318. The van der Waals surface area contributed by atoms with Crippen LogP contribution in [0.4, 0.5) is 4.39 Å². The van der Waals surface area contributed by atoms with E-state index in [-0.39, 0.29) is 12.5 Å². The quantitative estimate of drug-likeness (QED) is 0.685. The molecule has 0 spiro atoms. The summed E-state index contributed by atoms with van der Waals surface area (Å²) in [7, 11) is 0. The molecule has 2 aromatic heterocycles. The van der Waals surface area contributed by atoms with E-state index in [0.29, 0.717) is 22.6 Å². The highest BCUT2D eigenvalue weighted by molar-refractivity contribution is 5.94.